The molecule has 0 saturated carbocycles. The fraction of sp³-hybridized carbons (Fsp3) is 1.00. The number of halogens is 1. The highest BCUT2D eigenvalue weighted by atomic mass is 32.2. The smallest absolute Gasteiger partial charge is 0.267 e. The van der Waals surface area contributed by atoms with Crippen molar-refractivity contribution in [3.05, 3.63) is 0 Å². The largest absolute Gasteiger partial charge is 0.344 e. The molecular weight excluding hydrogens is 377 g/mol. The Morgan fingerprint density at radius 3 is 1.46 bits per heavy atom. The molecule has 6 heteroatoms. The van der Waals surface area contributed by atoms with Crippen molar-refractivity contribution < 1.29 is 17.0 Å². The second-order valence-electron chi connectivity index (χ2n) is 7.78. The zero-order chi connectivity index (χ0) is 20.1. The molecule has 0 amide bonds. The Morgan fingerprint density at radius 2 is 1.00 bits per heavy atom. The third-order valence-corrected chi connectivity index (χ3v) is 6.35. The average molecular weight is 426 g/mol. The molecule has 0 spiro atoms. The van der Waals surface area contributed by atoms with Crippen molar-refractivity contribution in [3.8, 4) is 0 Å². The van der Waals surface area contributed by atoms with Crippen molar-refractivity contribution in [2.45, 2.75) is 122 Å². The maximum Gasteiger partial charge on any atom is 0.267 e. The van der Waals surface area contributed by atoms with Gasteiger partial charge in [-0.3, -0.25) is 8.57 Å². The highest BCUT2D eigenvalue weighted by Gasteiger charge is 2.10. The van der Waals surface area contributed by atoms with Gasteiger partial charge in [0.15, 0.2) is 0 Å². The van der Waals surface area contributed by atoms with Gasteiger partial charge >= 0.3 is 0 Å². The summed E-state index contributed by atoms with van der Waals surface area (Å²) < 4.78 is 40.8. The Bertz CT molecular complexity index is 361. The summed E-state index contributed by atoms with van der Waals surface area (Å²) in [7, 11) is -3.33. The average Bonchev–Trinajstić information content (AvgIpc) is 2.64. The molecule has 0 saturated heterocycles. The number of rotatable bonds is 22. The van der Waals surface area contributed by atoms with Gasteiger partial charge in [0.1, 0.15) is 0 Å². The fourth-order valence-corrected chi connectivity index (χ4v) is 4.32. The lowest BCUT2D eigenvalue weighted by Crippen LogP contribution is -2.11. The molecule has 4 nitrogen and oxygen atoms in total. The molecule has 0 bridgehead atoms. The van der Waals surface area contributed by atoms with Crippen molar-refractivity contribution in [1.82, 2.24) is 6.15 Å². The molecule has 0 heterocycles. The minimum absolute atomic E-state index is 0. The maximum atomic E-state index is 11.9. The first kappa shape index (κ1) is 30.0. The summed E-state index contributed by atoms with van der Waals surface area (Å²) in [6.45, 7) is 2.38. The van der Waals surface area contributed by atoms with Gasteiger partial charge in [-0.25, -0.2) is 0 Å². The van der Waals surface area contributed by atoms with Gasteiger partial charge in [-0.2, -0.15) is 8.42 Å². The fourth-order valence-electron chi connectivity index (χ4n) is 3.27. The molecule has 0 aromatic rings. The molecule has 3 N–H and O–H groups in total. The van der Waals surface area contributed by atoms with Crippen LogP contribution in [0.4, 0.5) is 4.39 Å². The van der Waals surface area contributed by atoms with E-state index in [1.807, 2.05) is 0 Å². The summed E-state index contributed by atoms with van der Waals surface area (Å²) in [6.07, 6.45) is 20.0. The Morgan fingerprint density at radius 1 is 0.607 bits per heavy atom. The third-order valence-electron chi connectivity index (χ3n) is 5.04. The first-order valence-corrected chi connectivity index (χ1v) is 13.1. The molecule has 0 aromatic heterocycles. The van der Waals surface area contributed by atoms with Crippen LogP contribution in [-0.2, 0) is 14.3 Å². The van der Waals surface area contributed by atoms with Crippen LogP contribution in [-0.4, -0.2) is 27.5 Å². The standard InChI is InChI=1S/C22H45FO3S.H3N/c1-2-3-4-5-6-9-12-15-18-21-26-27(24,25)22-19-16-13-10-7-8-11-14-17-20-23;/h2-22H2,1H3;1H3. The molecule has 0 rings (SSSR count). The van der Waals surface area contributed by atoms with Gasteiger partial charge in [-0.15, -0.1) is 0 Å². The molecular formula is C22H48FNO3S. The molecule has 0 aliphatic rings. The topological polar surface area (TPSA) is 78.4 Å². The summed E-state index contributed by atoms with van der Waals surface area (Å²) in [5.74, 6) is 0.154. The van der Waals surface area contributed by atoms with E-state index in [4.69, 9.17) is 4.18 Å². The van der Waals surface area contributed by atoms with Crippen LogP contribution in [0.3, 0.4) is 0 Å². The first-order chi connectivity index (χ1) is 13.1. The Hall–Kier alpha value is -0.200. The second-order valence-corrected chi connectivity index (χ2v) is 9.54. The zero-order valence-electron chi connectivity index (χ0n) is 18.6. The molecule has 28 heavy (non-hydrogen) atoms. The quantitative estimate of drug-likeness (QED) is 0.144. The number of hydrogen-bond acceptors (Lipinski definition) is 4. The van der Waals surface area contributed by atoms with Gasteiger partial charge in [0, 0.05) is 0 Å². The van der Waals surface area contributed by atoms with Crippen LogP contribution in [0.1, 0.15) is 122 Å². The van der Waals surface area contributed by atoms with Crippen molar-refractivity contribution >= 4 is 10.1 Å². The minimum atomic E-state index is -3.33. The Kier molecular flexibility index (Phi) is 24.7. The monoisotopic (exact) mass is 425 g/mol. The van der Waals surface area contributed by atoms with Gasteiger partial charge in [0.25, 0.3) is 10.1 Å². The van der Waals surface area contributed by atoms with Crippen LogP contribution in [0, 0.1) is 0 Å². The molecule has 0 aromatic carbocycles. The highest BCUT2D eigenvalue weighted by molar-refractivity contribution is 7.86. The summed E-state index contributed by atoms with van der Waals surface area (Å²) in [5.41, 5.74) is 0. The SMILES string of the molecule is CCCCCCCCCCCOS(=O)(=O)CCCCCCCCCCCF.N. The van der Waals surface area contributed by atoms with E-state index in [2.05, 4.69) is 6.92 Å². The molecule has 172 valence electrons. The van der Waals surface area contributed by atoms with E-state index in [0.29, 0.717) is 19.4 Å². The molecule has 0 atom stereocenters. The molecule has 0 unspecified atom stereocenters. The summed E-state index contributed by atoms with van der Waals surface area (Å²) in [6, 6.07) is 0. The van der Waals surface area contributed by atoms with E-state index in [1.54, 1.807) is 0 Å². The molecule has 0 fully saturated rings. The summed E-state index contributed by atoms with van der Waals surface area (Å²) >= 11 is 0. The number of alkyl halides is 1. The minimum Gasteiger partial charge on any atom is -0.344 e. The van der Waals surface area contributed by atoms with Crippen molar-refractivity contribution in [1.29, 1.82) is 0 Å². The van der Waals surface area contributed by atoms with Crippen LogP contribution < -0.4 is 6.15 Å². The van der Waals surface area contributed by atoms with Crippen LogP contribution in [0.25, 0.3) is 0 Å². The van der Waals surface area contributed by atoms with Gasteiger partial charge in [0.2, 0.25) is 0 Å². The van der Waals surface area contributed by atoms with Crippen LogP contribution in [0.5, 0.6) is 0 Å². The van der Waals surface area contributed by atoms with Gasteiger partial charge in [-0.05, 0) is 19.3 Å². The number of unbranched alkanes of at least 4 members (excludes halogenated alkanes) is 16. The van der Waals surface area contributed by atoms with E-state index in [-0.39, 0.29) is 18.6 Å². The van der Waals surface area contributed by atoms with Crippen molar-refractivity contribution in [2.75, 3.05) is 19.0 Å². The number of hydrogen-bond donors (Lipinski definition) is 1. The predicted molar refractivity (Wildman–Crippen MR) is 120 cm³/mol. The molecule has 0 aliphatic carbocycles. The van der Waals surface area contributed by atoms with Crippen LogP contribution in [0.15, 0.2) is 0 Å². The molecule has 0 radical (unpaired) electrons. The van der Waals surface area contributed by atoms with E-state index in [9.17, 15) is 12.8 Å². The van der Waals surface area contributed by atoms with Crippen molar-refractivity contribution in [2.24, 2.45) is 0 Å². The maximum absolute atomic E-state index is 11.9. The first-order valence-electron chi connectivity index (χ1n) is 11.6. The van der Waals surface area contributed by atoms with Crippen LogP contribution in [0.2, 0.25) is 0 Å². The summed E-state index contributed by atoms with van der Waals surface area (Å²) in [5, 5.41) is 0. The zero-order valence-corrected chi connectivity index (χ0v) is 19.4. The Balaban J connectivity index is 0. The van der Waals surface area contributed by atoms with Gasteiger partial charge in [-0.1, -0.05) is 103 Å². The van der Waals surface area contributed by atoms with E-state index >= 15 is 0 Å². The lowest BCUT2D eigenvalue weighted by atomic mass is 10.1. The lowest BCUT2D eigenvalue weighted by molar-refractivity contribution is 0.305. The van der Waals surface area contributed by atoms with E-state index < -0.39 is 10.1 Å². The van der Waals surface area contributed by atoms with E-state index in [0.717, 1.165) is 44.9 Å². The van der Waals surface area contributed by atoms with E-state index in [1.165, 1.54) is 57.8 Å². The molecule has 0 aliphatic heterocycles. The highest BCUT2D eigenvalue weighted by Crippen LogP contribution is 2.12. The Labute approximate surface area is 175 Å². The second kappa shape index (κ2) is 23.1. The van der Waals surface area contributed by atoms with Crippen molar-refractivity contribution in [3.63, 3.8) is 0 Å². The summed E-state index contributed by atoms with van der Waals surface area (Å²) in [4.78, 5) is 0. The third kappa shape index (κ3) is 23.8. The van der Waals surface area contributed by atoms with Crippen LogP contribution >= 0.6 is 0 Å². The van der Waals surface area contributed by atoms with Gasteiger partial charge < -0.3 is 6.15 Å². The lowest BCUT2D eigenvalue weighted by Gasteiger charge is -2.06. The van der Waals surface area contributed by atoms with Gasteiger partial charge in [0.05, 0.1) is 19.0 Å². The predicted octanol–water partition coefficient (Wildman–Crippen LogP) is 7.51. The normalized spacial score (nSPS) is 11.5.